The van der Waals surface area contributed by atoms with Crippen molar-refractivity contribution in [2.75, 3.05) is 7.11 Å². The van der Waals surface area contributed by atoms with Crippen LogP contribution in [-0.4, -0.2) is 17.1 Å². The largest absolute Gasteiger partial charge is 0.467 e. The van der Waals surface area contributed by atoms with Crippen molar-refractivity contribution in [2.45, 2.75) is 19.3 Å². The Morgan fingerprint density at radius 1 is 1.12 bits per heavy atom. The molecule has 1 aromatic heterocycles. The van der Waals surface area contributed by atoms with Crippen molar-refractivity contribution in [3.8, 4) is 17.3 Å². The number of hydrogen-bond acceptors (Lipinski definition) is 3. The van der Waals surface area contributed by atoms with E-state index in [1.54, 1.807) is 13.3 Å². The molecule has 0 spiro atoms. The molecule has 0 N–H and O–H groups in total. The Morgan fingerprint density at radius 2 is 2.00 bits per heavy atom. The third-order valence-electron chi connectivity index (χ3n) is 3.21. The van der Waals surface area contributed by atoms with E-state index >= 15 is 0 Å². The van der Waals surface area contributed by atoms with Crippen molar-refractivity contribution in [3.05, 3.63) is 41.6 Å². The van der Waals surface area contributed by atoms with Crippen LogP contribution < -0.4 is 4.74 Å². The molecular formula is C14H14N2O. The highest BCUT2D eigenvalue weighted by Gasteiger charge is 2.12. The highest BCUT2D eigenvalue weighted by molar-refractivity contribution is 5.61. The topological polar surface area (TPSA) is 35.0 Å². The van der Waals surface area contributed by atoms with Crippen LogP contribution in [0.4, 0.5) is 0 Å². The van der Waals surface area contributed by atoms with Crippen molar-refractivity contribution in [1.29, 1.82) is 0 Å². The molecule has 0 saturated heterocycles. The minimum Gasteiger partial charge on any atom is -0.467 e. The van der Waals surface area contributed by atoms with Crippen LogP contribution in [0.1, 0.15) is 17.5 Å². The first-order chi connectivity index (χ1) is 8.36. The maximum Gasteiger partial charge on any atom is 0.316 e. The number of ether oxygens (including phenoxy) is 1. The summed E-state index contributed by atoms with van der Waals surface area (Å²) in [5, 5.41) is 0. The van der Waals surface area contributed by atoms with Gasteiger partial charge in [-0.15, -0.1) is 0 Å². The number of nitrogens with zero attached hydrogens (tertiary/aromatic N) is 2. The highest BCUT2D eigenvalue weighted by Crippen LogP contribution is 2.27. The summed E-state index contributed by atoms with van der Waals surface area (Å²) in [6.45, 7) is 0. The van der Waals surface area contributed by atoms with Crippen LogP contribution in [0.25, 0.3) is 11.3 Å². The Hall–Kier alpha value is -1.90. The van der Waals surface area contributed by atoms with Gasteiger partial charge in [0.05, 0.1) is 12.8 Å². The molecule has 1 aliphatic rings. The molecule has 0 saturated carbocycles. The third kappa shape index (κ3) is 1.88. The Balaban J connectivity index is 2.03. The lowest BCUT2D eigenvalue weighted by molar-refractivity contribution is 0.380. The van der Waals surface area contributed by atoms with E-state index < -0.39 is 0 Å². The van der Waals surface area contributed by atoms with Gasteiger partial charge in [0.1, 0.15) is 0 Å². The molecule has 1 heterocycles. The van der Waals surface area contributed by atoms with E-state index in [1.165, 1.54) is 30.4 Å². The number of aromatic nitrogens is 2. The number of methoxy groups -OCH3 is 1. The monoisotopic (exact) mass is 226 g/mol. The van der Waals surface area contributed by atoms with E-state index in [4.69, 9.17) is 4.74 Å². The summed E-state index contributed by atoms with van der Waals surface area (Å²) in [4.78, 5) is 8.38. The molecule has 0 aliphatic heterocycles. The third-order valence-corrected chi connectivity index (χ3v) is 3.21. The predicted molar refractivity (Wildman–Crippen MR) is 66.0 cm³/mol. The van der Waals surface area contributed by atoms with E-state index in [-0.39, 0.29) is 0 Å². The average Bonchev–Trinajstić information content (AvgIpc) is 2.86. The molecule has 3 rings (SSSR count). The number of benzene rings is 1. The quantitative estimate of drug-likeness (QED) is 0.789. The zero-order valence-corrected chi connectivity index (χ0v) is 9.81. The molecule has 3 heteroatoms. The predicted octanol–water partition coefficient (Wildman–Crippen LogP) is 2.64. The van der Waals surface area contributed by atoms with E-state index in [1.807, 2.05) is 6.07 Å². The summed E-state index contributed by atoms with van der Waals surface area (Å²) >= 11 is 0. The van der Waals surface area contributed by atoms with Crippen LogP contribution in [0.15, 0.2) is 30.5 Å². The lowest BCUT2D eigenvalue weighted by Crippen LogP contribution is -1.93. The van der Waals surface area contributed by atoms with Gasteiger partial charge in [0.25, 0.3) is 0 Å². The van der Waals surface area contributed by atoms with Gasteiger partial charge in [0, 0.05) is 11.8 Å². The Kier molecular flexibility index (Phi) is 2.52. The van der Waals surface area contributed by atoms with E-state index in [9.17, 15) is 0 Å². The molecule has 0 unspecified atom stereocenters. The van der Waals surface area contributed by atoms with Crippen molar-refractivity contribution in [2.24, 2.45) is 0 Å². The van der Waals surface area contributed by atoms with Crippen LogP contribution in [-0.2, 0) is 12.8 Å². The van der Waals surface area contributed by atoms with Gasteiger partial charge in [-0.25, -0.2) is 4.98 Å². The minimum atomic E-state index is 0.419. The molecule has 0 bridgehead atoms. The molecule has 1 aliphatic carbocycles. The standard InChI is InChI=1S/C14H14N2O/c1-17-14-15-8-7-13(16-14)12-6-5-10-3-2-4-11(10)9-12/h5-9H,2-4H2,1H3. The van der Waals surface area contributed by atoms with Gasteiger partial charge in [-0.05, 0) is 42.5 Å². The molecule has 0 fully saturated rings. The second-order valence-electron chi connectivity index (χ2n) is 4.27. The van der Waals surface area contributed by atoms with Crippen LogP contribution in [0.5, 0.6) is 6.01 Å². The van der Waals surface area contributed by atoms with Gasteiger partial charge in [-0.1, -0.05) is 12.1 Å². The SMILES string of the molecule is COc1nccc(-c2ccc3c(c2)CCC3)n1. The fourth-order valence-corrected chi connectivity index (χ4v) is 2.33. The zero-order chi connectivity index (χ0) is 11.7. The van der Waals surface area contributed by atoms with Gasteiger partial charge >= 0.3 is 6.01 Å². The summed E-state index contributed by atoms with van der Waals surface area (Å²) < 4.78 is 5.05. The fraction of sp³-hybridized carbons (Fsp3) is 0.286. The normalized spacial score (nSPS) is 13.5. The molecule has 0 amide bonds. The summed E-state index contributed by atoms with van der Waals surface area (Å²) in [5.74, 6) is 0. The summed E-state index contributed by atoms with van der Waals surface area (Å²) in [5.41, 5.74) is 5.01. The average molecular weight is 226 g/mol. The summed E-state index contributed by atoms with van der Waals surface area (Å²) in [6.07, 6.45) is 5.40. The second-order valence-corrected chi connectivity index (χ2v) is 4.27. The number of rotatable bonds is 2. The number of aryl methyl sites for hydroxylation is 2. The van der Waals surface area contributed by atoms with Gasteiger partial charge in [-0.2, -0.15) is 4.98 Å². The van der Waals surface area contributed by atoms with Gasteiger partial charge < -0.3 is 4.74 Å². The highest BCUT2D eigenvalue weighted by atomic mass is 16.5. The Labute approximate surface area is 100 Å². The summed E-state index contributed by atoms with van der Waals surface area (Å²) in [6, 6.07) is 8.92. The van der Waals surface area contributed by atoms with E-state index in [0.717, 1.165) is 11.3 Å². The van der Waals surface area contributed by atoms with Crippen LogP contribution in [0.3, 0.4) is 0 Å². The van der Waals surface area contributed by atoms with Crippen molar-refractivity contribution in [3.63, 3.8) is 0 Å². The first kappa shape index (κ1) is 10.3. The molecule has 2 aromatic rings. The molecule has 0 radical (unpaired) electrons. The molecule has 3 nitrogen and oxygen atoms in total. The molecule has 1 aromatic carbocycles. The maximum absolute atomic E-state index is 5.05. The van der Waals surface area contributed by atoms with Gasteiger partial charge in [0.2, 0.25) is 0 Å². The van der Waals surface area contributed by atoms with Crippen molar-refractivity contribution < 1.29 is 4.74 Å². The lowest BCUT2D eigenvalue weighted by Gasteiger charge is -2.05. The van der Waals surface area contributed by atoms with Gasteiger partial charge in [-0.3, -0.25) is 0 Å². The molecule has 0 atom stereocenters. The lowest BCUT2D eigenvalue weighted by atomic mass is 10.0. The van der Waals surface area contributed by atoms with Crippen molar-refractivity contribution in [1.82, 2.24) is 9.97 Å². The second kappa shape index (κ2) is 4.17. The van der Waals surface area contributed by atoms with Crippen molar-refractivity contribution >= 4 is 0 Å². The maximum atomic E-state index is 5.05. The fourth-order valence-electron chi connectivity index (χ4n) is 2.33. The molecular weight excluding hydrogens is 212 g/mol. The van der Waals surface area contributed by atoms with E-state index in [0.29, 0.717) is 6.01 Å². The Bertz CT molecular complexity index is 552. The van der Waals surface area contributed by atoms with Gasteiger partial charge in [0.15, 0.2) is 0 Å². The number of hydrogen-bond donors (Lipinski definition) is 0. The summed E-state index contributed by atoms with van der Waals surface area (Å²) in [7, 11) is 1.59. The molecule has 86 valence electrons. The number of fused-ring (bicyclic) bond motifs is 1. The molecule has 17 heavy (non-hydrogen) atoms. The smallest absolute Gasteiger partial charge is 0.316 e. The minimum absolute atomic E-state index is 0.419. The first-order valence-electron chi connectivity index (χ1n) is 5.86. The zero-order valence-electron chi connectivity index (χ0n) is 9.81. The first-order valence-corrected chi connectivity index (χ1v) is 5.86. The van der Waals surface area contributed by atoms with Crippen LogP contribution in [0.2, 0.25) is 0 Å². The Morgan fingerprint density at radius 3 is 2.88 bits per heavy atom. The van der Waals surface area contributed by atoms with Crippen LogP contribution in [0, 0.1) is 0 Å². The van der Waals surface area contributed by atoms with E-state index in [2.05, 4.69) is 28.2 Å². The van der Waals surface area contributed by atoms with Crippen LogP contribution >= 0.6 is 0 Å².